The van der Waals surface area contributed by atoms with Gasteiger partial charge in [0.05, 0.1) is 0 Å². The van der Waals surface area contributed by atoms with Gasteiger partial charge in [-0.3, -0.25) is 0 Å². The Kier molecular flexibility index (Phi) is 4.23. The van der Waals surface area contributed by atoms with Crippen LogP contribution in [0.5, 0.6) is 5.75 Å². The highest BCUT2D eigenvalue weighted by Crippen LogP contribution is 2.20. The largest absolute Gasteiger partial charge is 0.492 e. The first-order chi connectivity index (χ1) is 6.40. The lowest BCUT2D eigenvalue weighted by atomic mass is 10.2. The van der Waals surface area contributed by atoms with Crippen LogP contribution in [0, 0.1) is 0 Å². The van der Waals surface area contributed by atoms with Crippen LogP contribution in [0.4, 0.5) is 0 Å². The van der Waals surface area contributed by atoms with Crippen molar-refractivity contribution in [3.63, 3.8) is 0 Å². The van der Waals surface area contributed by atoms with Crippen LogP contribution >= 0.6 is 12.4 Å². The van der Waals surface area contributed by atoms with E-state index in [0.29, 0.717) is 6.04 Å². The lowest BCUT2D eigenvalue weighted by molar-refractivity contribution is 0.274. The molecule has 78 valence electrons. The minimum absolute atomic E-state index is 0. The third-order valence-corrected chi connectivity index (χ3v) is 2.49. The second kappa shape index (κ2) is 5.23. The molecule has 0 radical (unpaired) electrons. The molecule has 0 spiro atoms. The topological polar surface area (TPSA) is 21.3 Å². The molecule has 0 saturated carbocycles. The third-order valence-electron chi connectivity index (χ3n) is 2.49. The summed E-state index contributed by atoms with van der Waals surface area (Å²) in [5.74, 6) is 1.03. The predicted octanol–water partition coefficient (Wildman–Crippen LogP) is 2.37. The molecule has 1 N–H and O–H groups in total. The van der Waals surface area contributed by atoms with Crippen molar-refractivity contribution in [3.8, 4) is 5.75 Å². The van der Waals surface area contributed by atoms with E-state index in [1.807, 2.05) is 12.1 Å². The van der Waals surface area contributed by atoms with Crippen LogP contribution in [0.25, 0.3) is 0 Å². The molecule has 1 unspecified atom stereocenters. The van der Waals surface area contributed by atoms with Gasteiger partial charge in [-0.1, -0.05) is 25.1 Å². The Hall–Kier alpha value is -0.730. The molecule has 0 bridgehead atoms. The van der Waals surface area contributed by atoms with Crippen LogP contribution in [-0.4, -0.2) is 12.6 Å². The van der Waals surface area contributed by atoms with Gasteiger partial charge in [-0.25, -0.2) is 0 Å². The number of nitrogens with one attached hydrogen (secondary N) is 1. The molecule has 1 aliphatic heterocycles. The number of hydrogen-bond acceptors (Lipinski definition) is 2. The Labute approximate surface area is 91.1 Å². The van der Waals surface area contributed by atoms with Gasteiger partial charge in [0.1, 0.15) is 12.4 Å². The standard InChI is InChI=1S/C11H15NO.ClH/c1-2-10-8-13-11-6-4-3-5-9(11)7-12-10;/h3-6,10,12H,2,7-8H2,1H3;1H. The second-order valence-corrected chi connectivity index (χ2v) is 3.40. The Bertz CT molecular complexity index is 263. The Morgan fingerprint density at radius 2 is 2.21 bits per heavy atom. The van der Waals surface area contributed by atoms with E-state index in [4.69, 9.17) is 4.74 Å². The number of fused-ring (bicyclic) bond motifs is 1. The van der Waals surface area contributed by atoms with E-state index in [1.54, 1.807) is 0 Å². The molecule has 3 heteroatoms. The maximum Gasteiger partial charge on any atom is 0.123 e. The van der Waals surface area contributed by atoms with E-state index in [9.17, 15) is 0 Å². The maximum atomic E-state index is 5.69. The molecule has 0 aliphatic carbocycles. The first kappa shape index (κ1) is 11.3. The van der Waals surface area contributed by atoms with Crippen molar-refractivity contribution in [1.82, 2.24) is 5.32 Å². The quantitative estimate of drug-likeness (QED) is 0.774. The van der Waals surface area contributed by atoms with E-state index in [0.717, 1.165) is 25.3 Å². The molecular formula is C11H16ClNO. The predicted molar refractivity (Wildman–Crippen MR) is 60.1 cm³/mol. The summed E-state index contributed by atoms with van der Waals surface area (Å²) >= 11 is 0. The number of halogens is 1. The van der Waals surface area contributed by atoms with Gasteiger partial charge < -0.3 is 10.1 Å². The fraction of sp³-hybridized carbons (Fsp3) is 0.455. The number of benzene rings is 1. The third kappa shape index (κ3) is 2.40. The van der Waals surface area contributed by atoms with Crippen molar-refractivity contribution in [1.29, 1.82) is 0 Å². The number of para-hydroxylation sites is 1. The zero-order valence-electron chi connectivity index (χ0n) is 8.32. The summed E-state index contributed by atoms with van der Waals surface area (Å²) in [5, 5.41) is 3.46. The molecule has 0 fully saturated rings. The molecular weight excluding hydrogens is 198 g/mol. The van der Waals surface area contributed by atoms with Gasteiger partial charge in [0.15, 0.2) is 0 Å². The number of hydrogen-bond donors (Lipinski definition) is 1. The molecule has 0 aromatic heterocycles. The van der Waals surface area contributed by atoms with Crippen LogP contribution in [0.15, 0.2) is 24.3 Å². The van der Waals surface area contributed by atoms with Gasteiger partial charge >= 0.3 is 0 Å². The summed E-state index contributed by atoms with van der Waals surface area (Å²) in [6, 6.07) is 8.71. The van der Waals surface area contributed by atoms with Gasteiger partial charge in [-0.05, 0) is 12.5 Å². The van der Waals surface area contributed by atoms with Crippen molar-refractivity contribution in [2.45, 2.75) is 25.9 Å². The molecule has 14 heavy (non-hydrogen) atoms. The van der Waals surface area contributed by atoms with E-state index in [-0.39, 0.29) is 12.4 Å². The fourth-order valence-electron chi connectivity index (χ4n) is 1.56. The second-order valence-electron chi connectivity index (χ2n) is 3.40. The molecule has 2 nitrogen and oxygen atoms in total. The Morgan fingerprint density at radius 3 is 3.00 bits per heavy atom. The highest BCUT2D eigenvalue weighted by molar-refractivity contribution is 5.85. The minimum Gasteiger partial charge on any atom is -0.492 e. The van der Waals surface area contributed by atoms with Gasteiger partial charge in [-0.2, -0.15) is 0 Å². The first-order valence-electron chi connectivity index (χ1n) is 4.84. The summed E-state index contributed by atoms with van der Waals surface area (Å²) in [6.45, 7) is 3.89. The minimum atomic E-state index is 0. The van der Waals surface area contributed by atoms with E-state index >= 15 is 0 Å². The summed E-state index contributed by atoms with van der Waals surface area (Å²) in [5.41, 5.74) is 1.26. The van der Waals surface area contributed by atoms with Crippen molar-refractivity contribution in [2.24, 2.45) is 0 Å². The molecule has 0 saturated heterocycles. The van der Waals surface area contributed by atoms with Crippen molar-refractivity contribution < 1.29 is 4.74 Å². The summed E-state index contributed by atoms with van der Waals surface area (Å²) in [6.07, 6.45) is 1.12. The van der Waals surface area contributed by atoms with Crippen LogP contribution in [0.2, 0.25) is 0 Å². The molecule has 1 aliphatic rings. The molecule has 0 amide bonds. The van der Waals surface area contributed by atoms with E-state index < -0.39 is 0 Å². The van der Waals surface area contributed by atoms with Gasteiger partial charge in [0.25, 0.3) is 0 Å². The smallest absolute Gasteiger partial charge is 0.123 e. The fourth-order valence-corrected chi connectivity index (χ4v) is 1.56. The number of ether oxygens (including phenoxy) is 1. The summed E-state index contributed by atoms with van der Waals surface area (Å²) in [7, 11) is 0. The van der Waals surface area contributed by atoms with Crippen LogP contribution < -0.4 is 10.1 Å². The van der Waals surface area contributed by atoms with Gasteiger partial charge in [0.2, 0.25) is 0 Å². The highest BCUT2D eigenvalue weighted by Gasteiger charge is 2.13. The first-order valence-corrected chi connectivity index (χ1v) is 4.84. The summed E-state index contributed by atoms with van der Waals surface area (Å²) < 4.78 is 5.69. The monoisotopic (exact) mass is 213 g/mol. The van der Waals surface area contributed by atoms with Crippen LogP contribution in [-0.2, 0) is 6.54 Å². The van der Waals surface area contributed by atoms with Gasteiger partial charge in [0, 0.05) is 18.2 Å². The lowest BCUT2D eigenvalue weighted by Crippen LogP contribution is -2.31. The van der Waals surface area contributed by atoms with E-state index in [1.165, 1.54) is 5.56 Å². The van der Waals surface area contributed by atoms with Crippen molar-refractivity contribution in [3.05, 3.63) is 29.8 Å². The van der Waals surface area contributed by atoms with Crippen LogP contribution in [0.1, 0.15) is 18.9 Å². The zero-order valence-corrected chi connectivity index (χ0v) is 9.14. The van der Waals surface area contributed by atoms with E-state index in [2.05, 4.69) is 24.4 Å². The van der Waals surface area contributed by atoms with Crippen LogP contribution in [0.3, 0.4) is 0 Å². The zero-order chi connectivity index (χ0) is 9.10. The molecule has 1 aromatic carbocycles. The number of rotatable bonds is 1. The molecule has 2 rings (SSSR count). The highest BCUT2D eigenvalue weighted by atomic mass is 35.5. The Balaban J connectivity index is 0.000000980. The Morgan fingerprint density at radius 1 is 1.43 bits per heavy atom. The summed E-state index contributed by atoms with van der Waals surface area (Å²) in [4.78, 5) is 0. The average Bonchev–Trinajstić information content (AvgIpc) is 2.39. The average molecular weight is 214 g/mol. The molecule has 1 heterocycles. The molecule has 1 atom stereocenters. The maximum absolute atomic E-state index is 5.69. The SMILES string of the molecule is CCC1COc2ccccc2CN1.Cl. The van der Waals surface area contributed by atoms with Crippen molar-refractivity contribution in [2.75, 3.05) is 6.61 Å². The van der Waals surface area contributed by atoms with Gasteiger partial charge in [-0.15, -0.1) is 12.4 Å². The molecule has 1 aromatic rings. The lowest BCUT2D eigenvalue weighted by Gasteiger charge is -2.11. The van der Waals surface area contributed by atoms with Crippen molar-refractivity contribution >= 4 is 12.4 Å². The normalized spacial score (nSPS) is 19.9.